The highest BCUT2D eigenvalue weighted by atomic mass is 19.2. The molecule has 1 aromatic carbocycles. The molecule has 1 atom stereocenters. The minimum Gasteiger partial charge on any atom is -0.488 e. The predicted octanol–water partition coefficient (Wildman–Crippen LogP) is 2.33. The third kappa shape index (κ3) is 2.85. The Morgan fingerprint density at radius 2 is 2.05 bits per heavy atom. The molecule has 0 amide bonds. The first-order valence-corrected chi connectivity index (χ1v) is 7.11. The SMILES string of the molecule is O=C(O)C(COc1cccc(F)c1F)(NC1CC1)C1CC1. The molecule has 2 aliphatic rings. The standard InChI is InChI=1S/C15H17F2NO3/c16-11-2-1-3-12(13(11)17)21-8-15(14(19)20,9-4-5-9)18-10-6-7-10/h1-3,9-10,18H,4-8H2,(H,19,20). The molecule has 1 unspecified atom stereocenters. The molecular weight excluding hydrogens is 280 g/mol. The van der Waals surface area contributed by atoms with Gasteiger partial charge in [0.2, 0.25) is 5.82 Å². The number of carbonyl (C=O) groups is 1. The van der Waals surface area contributed by atoms with E-state index >= 15 is 0 Å². The summed E-state index contributed by atoms with van der Waals surface area (Å²) in [6, 6.07) is 3.81. The molecule has 0 aromatic heterocycles. The summed E-state index contributed by atoms with van der Waals surface area (Å²) in [6.45, 7) is -0.204. The highest BCUT2D eigenvalue weighted by Gasteiger charge is 2.54. The maximum atomic E-state index is 13.6. The molecule has 0 saturated heterocycles. The Labute approximate surface area is 121 Å². The van der Waals surface area contributed by atoms with Crippen LogP contribution in [0.1, 0.15) is 25.7 Å². The number of halogens is 2. The van der Waals surface area contributed by atoms with Gasteiger partial charge >= 0.3 is 5.97 Å². The lowest BCUT2D eigenvalue weighted by Crippen LogP contribution is -2.59. The van der Waals surface area contributed by atoms with E-state index in [2.05, 4.69) is 5.32 Å². The van der Waals surface area contributed by atoms with Gasteiger partial charge in [0.05, 0.1) is 0 Å². The number of rotatable bonds is 7. The van der Waals surface area contributed by atoms with Crippen LogP contribution in [0.25, 0.3) is 0 Å². The van der Waals surface area contributed by atoms with E-state index in [0.717, 1.165) is 31.7 Å². The summed E-state index contributed by atoms with van der Waals surface area (Å²) < 4.78 is 32.1. The van der Waals surface area contributed by atoms with Crippen LogP contribution in [0.2, 0.25) is 0 Å². The van der Waals surface area contributed by atoms with E-state index in [-0.39, 0.29) is 24.3 Å². The molecular formula is C15H17F2NO3. The van der Waals surface area contributed by atoms with Crippen molar-refractivity contribution in [1.29, 1.82) is 0 Å². The van der Waals surface area contributed by atoms with E-state index in [9.17, 15) is 18.7 Å². The van der Waals surface area contributed by atoms with E-state index in [1.165, 1.54) is 12.1 Å². The van der Waals surface area contributed by atoms with Gasteiger partial charge in [-0.1, -0.05) is 6.07 Å². The van der Waals surface area contributed by atoms with Crippen molar-refractivity contribution in [2.24, 2.45) is 5.92 Å². The number of carboxylic acids is 1. The molecule has 0 bridgehead atoms. The van der Waals surface area contributed by atoms with Gasteiger partial charge in [0, 0.05) is 6.04 Å². The zero-order chi connectivity index (χ0) is 15.0. The van der Waals surface area contributed by atoms with Crippen LogP contribution in [0, 0.1) is 17.6 Å². The molecule has 0 heterocycles. The van der Waals surface area contributed by atoms with E-state index in [1.807, 2.05) is 0 Å². The summed E-state index contributed by atoms with van der Waals surface area (Å²) in [5.74, 6) is -3.35. The van der Waals surface area contributed by atoms with Crippen molar-refractivity contribution in [1.82, 2.24) is 5.32 Å². The van der Waals surface area contributed by atoms with Crippen molar-refractivity contribution in [3.05, 3.63) is 29.8 Å². The predicted molar refractivity (Wildman–Crippen MR) is 71.1 cm³/mol. The maximum absolute atomic E-state index is 13.6. The van der Waals surface area contributed by atoms with Crippen LogP contribution in [-0.2, 0) is 4.79 Å². The number of aliphatic carboxylic acids is 1. The van der Waals surface area contributed by atoms with Crippen molar-refractivity contribution >= 4 is 5.97 Å². The summed E-state index contributed by atoms with van der Waals surface area (Å²) >= 11 is 0. The average Bonchev–Trinajstić information content (AvgIpc) is 3.31. The number of hydrogen-bond acceptors (Lipinski definition) is 3. The summed E-state index contributed by atoms with van der Waals surface area (Å²) in [7, 11) is 0. The van der Waals surface area contributed by atoms with Gasteiger partial charge in [0.1, 0.15) is 6.61 Å². The van der Waals surface area contributed by atoms with Gasteiger partial charge in [-0.15, -0.1) is 0 Å². The zero-order valence-electron chi connectivity index (χ0n) is 11.4. The Morgan fingerprint density at radius 1 is 1.33 bits per heavy atom. The number of benzene rings is 1. The van der Waals surface area contributed by atoms with Crippen molar-refractivity contribution in [3.8, 4) is 5.75 Å². The van der Waals surface area contributed by atoms with E-state index < -0.39 is 23.1 Å². The smallest absolute Gasteiger partial charge is 0.327 e. The van der Waals surface area contributed by atoms with Gasteiger partial charge in [0.15, 0.2) is 17.1 Å². The maximum Gasteiger partial charge on any atom is 0.327 e. The molecule has 21 heavy (non-hydrogen) atoms. The van der Waals surface area contributed by atoms with Gasteiger partial charge in [-0.25, -0.2) is 4.39 Å². The number of hydrogen-bond donors (Lipinski definition) is 2. The first-order chi connectivity index (χ1) is 10.0. The molecule has 4 nitrogen and oxygen atoms in total. The molecule has 2 saturated carbocycles. The third-order valence-corrected chi connectivity index (χ3v) is 4.07. The van der Waals surface area contributed by atoms with Crippen LogP contribution in [0.4, 0.5) is 8.78 Å². The highest BCUT2D eigenvalue weighted by Crippen LogP contribution is 2.42. The Balaban J connectivity index is 1.77. The average molecular weight is 297 g/mol. The van der Waals surface area contributed by atoms with Crippen molar-refractivity contribution in [2.75, 3.05) is 6.61 Å². The lowest BCUT2D eigenvalue weighted by atomic mass is 9.94. The second-order valence-corrected chi connectivity index (χ2v) is 5.81. The Morgan fingerprint density at radius 3 is 2.62 bits per heavy atom. The third-order valence-electron chi connectivity index (χ3n) is 4.07. The summed E-state index contributed by atoms with van der Waals surface area (Å²) in [4.78, 5) is 11.7. The van der Waals surface area contributed by atoms with E-state index in [1.54, 1.807) is 0 Å². The zero-order valence-corrected chi connectivity index (χ0v) is 11.4. The number of carboxylic acid groups (broad SMARTS) is 1. The van der Waals surface area contributed by atoms with Crippen LogP contribution in [-0.4, -0.2) is 29.3 Å². The highest BCUT2D eigenvalue weighted by molar-refractivity contribution is 5.80. The van der Waals surface area contributed by atoms with Gasteiger partial charge in [-0.3, -0.25) is 10.1 Å². The van der Waals surface area contributed by atoms with Crippen LogP contribution < -0.4 is 10.1 Å². The minimum atomic E-state index is -1.21. The molecule has 2 fully saturated rings. The molecule has 0 radical (unpaired) electrons. The molecule has 3 rings (SSSR count). The topological polar surface area (TPSA) is 58.6 Å². The van der Waals surface area contributed by atoms with Gasteiger partial charge < -0.3 is 9.84 Å². The minimum absolute atomic E-state index is 0.0211. The number of ether oxygens (including phenoxy) is 1. The van der Waals surface area contributed by atoms with Crippen molar-refractivity contribution in [2.45, 2.75) is 37.3 Å². The van der Waals surface area contributed by atoms with Crippen LogP contribution >= 0.6 is 0 Å². The molecule has 0 spiro atoms. The second-order valence-electron chi connectivity index (χ2n) is 5.81. The summed E-state index contributed by atoms with van der Waals surface area (Å²) in [5, 5.41) is 12.7. The van der Waals surface area contributed by atoms with Crippen LogP contribution in [0.3, 0.4) is 0 Å². The van der Waals surface area contributed by atoms with Gasteiger partial charge in [-0.2, -0.15) is 4.39 Å². The lowest BCUT2D eigenvalue weighted by Gasteiger charge is -2.31. The Kier molecular flexibility index (Phi) is 3.57. The molecule has 0 aliphatic heterocycles. The van der Waals surface area contributed by atoms with E-state index in [4.69, 9.17) is 4.74 Å². The molecule has 6 heteroatoms. The normalized spacial score (nSPS) is 20.9. The monoisotopic (exact) mass is 297 g/mol. The van der Waals surface area contributed by atoms with Gasteiger partial charge in [-0.05, 0) is 43.7 Å². The first-order valence-electron chi connectivity index (χ1n) is 7.11. The first kappa shape index (κ1) is 14.3. The van der Waals surface area contributed by atoms with Gasteiger partial charge in [0.25, 0.3) is 0 Å². The Bertz CT molecular complexity index is 558. The quantitative estimate of drug-likeness (QED) is 0.811. The molecule has 2 N–H and O–H groups in total. The van der Waals surface area contributed by atoms with Crippen LogP contribution in [0.5, 0.6) is 5.75 Å². The van der Waals surface area contributed by atoms with E-state index in [0.29, 0.717) is 0 Å². The lowest BCUT2D eigenvalue weighted by molar-refractivity contribution is -0.147. The Hall–Kier alpha value is -1.69. The van der Waals surface area contributed by atoms with Crippen molar-refractivity contribution < 1.29 is 23.4 Å². The van der Waals surface area contributed by atoms with Crippen LogP contribution in [0.15, 0.2) is 18.2 Å². The second kappa shape index (κ2) is 5.26. The fourth-order valence-corrected chi connectivity index (χ4v) is 2.53. The summed E-state index contributed by atoms with van der Waals surface area (Å²) in [5.41, 5.74) is -1.21. The molecule has 1 aromatic rings. The fraction of sp³-hybridized carbons (Fsp3) is 0.533. The largest absolute Gasteiger partial charge is 0.488 e. The summed E-state index contributed by atoms with van der Waals surface area (Å²) in [6.07, 6.45) is 3.49. The van der Waals surface area contributed by atoms with Crippen molar-refractivity contribution in [3.63, 3.8) is 0 Å². The molecule has 114 valence electrons. The number of nitrogens with one attached hydrogen (secondary N) is 1. The molecule has 2 aliphatic carbocycles. The fourth-order valence-electron chi connectivity index (χ4n) is 2.53.